The van der Waals surface area contributed by atoms with Crippen molar-refractivity contribution in [2.45, 2.75) is 126 Å². The van der Waals surface area contributed by atoms with Crippen molar-refractivity contribution < 1.29 is 45.6 Å². The van der Waals surface area contributed by atoms with E-state index < -0.39 is 25.1 Å². The molecule has 13 heteroatoms. The number of para-hydroxylation sites is 2. The van der Waals surface area contributed by atoms with Gasteiger partial charge in [0.15, 0.2) is 11.5 Å². The van der Waals surface area contributed by atoms with Crippen LogP contribution in [0.15, 0.2) is 94.7 Å². The Labute approximate surface area is 357 Å². The van der Waals surface area contributed by atoms with Gasteiger partial charge in [-0.25, -0.2) is 8.42 Å². The van der Waals surface area contributed by atoms with Crippen molar-refractivity contribution in [2.75, 3.05) is 0 Å². The molecule has 0 bridgehead atoms. The Morgan fingerprint density at radius 1 is 0.564 bits per heavy atom. The number of benzene rings is 4. The number of aryl methyl sites for hydroxylation is 2. The topological polar surface area (TPSA) is 173 Å². The maximum atomic E-state index is 12.6. The molecule has 4 rings (SSSR count). The molecular formula is C42H54CaO10S2. The fourth-order valence-corrected chi connectivity index (χ4v) is 6.95. The summed E-state index contributed by atoms with van der Waals surface area (Å²) in [7, 11) is -9.06. The molecule has 0 aromatic heterocycles. The first-order chi connectivity index (χ1) is 25.8. The molecule has 0 aliphatic carbocycles. The number of phenolic OH excluding ortho intramolecular Hbond substituents is 1. The number of rotatable bonds is 22. The van der Waals surface area contributed by atoms with E-state index in [2.05, 4.69) is 13.8 Å². The summed E-state index contributed by atoms with van der Waals surface area (Å²) in [5, 5.41) is 23.1. The number of phenols is 1. The quantitative estimate of drug-likeness (QED) is 0.0441. The molecule has 0 aliphatic heterocycles. The van der Waals surface area contributed by atoms with Gasteiger partial charge in [0.2, 0.25) is 0 Å². The maximum Gasteiger partial charge on any atom is 2.00 e. The van der Waals surface area contributed by atoms with E-state index >= 15 is 0 Å². The molecular weight excluding hydrogens is 769 g/mol. The average Bonchev–Trinajstić information content (AvgIpc) is 3.14. The summed E-state index contributed by atoms with van der Waals surface area (Å²) in [6, 6.07) is 22.1. The van der Waals surface area contributed by atoms with E-state index in [0.29, 0.717) is 35.5 Å². The molecule has 0 spiro atoms. The Hall–Kier alpha value is -2.84. The van der Waals surface area contributed by atoms with E-state index in [1.54, 1.807) is 54.6 Å². The molecule has 296 valence electrons. The standard InChI is InChI=1S/2C21H28O5S.Ca/c2*1-2-3-4-5-6-7-9-12-17-15-19(27(23,24)25)16-20(21(17)22)26-18-13-10-8-11-14-18;/h2*8,10-11,13-16,22H,2-7,9,12H2,1H3,(H,23,24,25);/q;;+2/p-2. The van der Waals surface area contributed by atoms with Crippen LogP contribution in [0.1, 0.15) is 115 Å². The zero-order valence-corrected chi connectivity index (χ0v) is 35.9. The van der Waals surface area contributed by atoms with E-state index in [9.17, 15) is 36.2 Å². The fraction of sp³-hybridized carbons (Fsp3) is 0.429. The molecule has 2 N–H and O–H groups in total. The van der Waals surface area contributed by atoms with Crippen molar-refractivity contribution in [3.05, 3.63) is 96.1 Å². The number of hydrogen-bond acceptors (Lipinski definition) is 9. The van der Waals surface area contributed by atoms with Gasteiger partial charge in [0, 0.05) is 6.07 Å². The summed E-state index contributed by atoms with van der Waals surface area (Å²) in [6.07, 6.45) is 16.4. The van der Waals surface area contributed by atoms with Crippen molar-refractivity contribution in [2.24, 2.45) is 0 Å². The smallest absolute Gasteiger partial charge is 0.870 e. The van der Waals surface area contributed by atoms with Crippen molar-refractivity contribution in [3.63, 3.8) is 0 Å². The molecule has 0 unspecified atom stereocenters. The van der Waals surface area contributed by atoms with Crippen molar-refractivity contribution in [1.82, 2.24) is 0 Å². The molecule has 10 nitrogen and oxygen atoms in total. The number of aromatic hydroxyl groups is 1. The van der Waals surface area contributed by atoms with Crippen LogP contribution in [0.2, 0.25) is 0 Å². The molecule has 4 aromatic carbocycles. The first kappa shape index (κ1) is 48.3. The summed E-state index contributed by atoms with van der Waals surface area (Å²) in [5.41, 5.74) is 0.774. The normalized spacial score (nSPS) is 11.3. The average molecular weight is 823 g/mol. The minimum absolute atomic E-state index is 0. The third-order valence-electron chi connectivity index (χ3n) is 8.86. The van der Waals surface area contributed by atoms with Crippen LogP contribution in [0.5, 0.6) is 34.5 Å². The van der Waals surface area contributed by atoms with Crippen molar-refractivity contribution >= 4 is 58.0 Å². The molecule has 0 atom stereocenters. The number of unbranched alkanes of at least 4 members (excludes halogenated alkanes) is 12. The van der Waals surface area contributed by atoms with E-state index in [-0.39, 0.29) is 65.6 Å². The van der Waals surface area contributed by atoms with Gasteiger partial charge < -0.3 is 24.2 Å². The SMILES string of the molecule is CCCCCCCCCc1cc(S(=O)(=O)O)cc(Oc2ccccc2)c1O.CCCCCCCCCc1cc(S(=O)(=O)[O-])cc(Oc2ccccc2)c1[O-].[Ca+2]. The van der Waals surface area contributed by atoms with Crippen LogP contribution in [0.4, 0.5) is 0 Å². The van der Waals surface area contributed by atoms with Crippen LogP contribution < -0.4 is 14.6 Å². The molecule has 55 heavy (non-hydrogen) atoms. The zero-order valence-electron chi connectivity index (χ0n) is 32.1. The van der Waals surface area contributed by atoms with Crippen LogP contribution in [-0.4, -0.2) is 68.8 Å². The predicted octanol–water partition coefficient (Wildman–Crippen LogP) is 10.1. The molecule has 4 aromatic rings. The van der Waals surface area contributed by atoms with Gasteiger partial charge in [-0.05, 0) is 73.7 Å². The number of ether oxygens (including phenoxy) is 2. The van der Waals surface area contributed by atoms with E-state index in [0.717, 1.165) is 57.1 Å². The summed E-state index contributed by atoms with van der Waals surface area (Å²) in [5.74, 6) is 0.332. The largest absolute Gasteiger partial charge is 2.00 e. The van der Waals surface area contributed by atoms with Crippen LogP contribution in [0.25, 0.3) is 0 Å². The Morgan fingerprint density at radius 2 is 0.964 bits per heavy atom. The van der Waals surface area contributed by atoms with Crippen molar-refractivity contribution in [1.29, 1.82) is 0 Å². The van der Waals surface area contributed by atoms with Gasteiger partial charge >= 0.3 is 37.7 Å². The predicted molar refractivity (Wildman–Crippen MR) is 214 cm³/mol. The molecule has 0 saturated carbocycles. The van der Waals surface area contributed by atoms with E-state index in [4.69, 9.17) is 9.47 Å². The molecule has 0 heterocycles. The summed E-state index contributed by atoms with van der Waals surface area (Å²) in [4.78, 5) is -0.699. The van der Waals surface area contributed by atoms with Gasteiger partial charge in [-0.3, -0.25) is 4.55 Å². The second-order valence-electron chi connectivity index (χ2n) is 13.3. The Morgan fingerprint density at radius 3 is 1.42 bits per heavy atom. The molecule has 0 fully saturated rings. The van der Waals surface area contributed by atoms with E-state index in [1.165, 1.54) is 57.1 Å². The second-order valence-corrected chi connectivity index (χ2v) is 16.1. The Balaban J connectivity index is 0.000000373. The van der Waals surface area contributed by atoms with Crippen LogP contribution in [0, 0.1) is 0 Å². The summed E-state index contributed by atoms with van der Waals surface area (Å²) in [6.45, 7) is 4.35. The zero-order chi connectivity index (χ0) is 39.4. The monoisotopic (exact) mass is 822 g/mol. The van der Waals surface area contributed by atoms with Gasteiger partial charge in [-0.2, -0.15) is 8.42 Å². The maximum absolute atomic E-state index is 12.6. The van der Waals surface area contributed by atoms with Gasteiger partial charge in [0.05, 0.1) is 9.79 Å². The first-order valence-electron chi connectivity index (χ1n) is 18.9. The van der Waals surface area contributed by atoms with Gasteiger partial charge in [-0.15, -0.1) is 0 Å². The third-order valence-corrected chi connectivity index (χ3v) is 10.5. The summed E-state index contributed by atoms with van der Waals surface area (Å²) < 4.78 is 78.2. The second kappa shape index (κ2) is 25.4. The van der Waals surface area contributed by atoms with Crippen molar-refractivity contribution in [3.8, 4) is 34.5 Å². The first-order valence-corrected chi connectivity index (χ1v) is 21.8. The van der Waals surface area contributed by atoms with Crippen LogP contribution >= 0.6 is 0 Å². The van der Waals surface area contributed by atoms with Crippen LogP contribution in [-0.2, 0) is 33.1 Å². The summed E-state index contributed by atoms with van der Waals surface area (Å²) >= 11 is 0. The Kier molecular flexibility index (Phi) is 22.3. The van der Waals surface area contributed by atoms with E-state index in [1.807, 2.05) is 6.07 Å². The third kappa shape index (κ3) is 17.9. The van der Waals surface area contributed by atoms with Gasteiger partial charge in [-0.1, -0.05) is 139 Å². The fourth-order valence-electron chi connectivity index (χ4n) is 5.87. The minimum Gasteiger partial charge on any atom is -0.870 e. The van der Waals surface area contributed by atoms with Crippen LogP contribution in [0.3, 0.4) is 0 Å². The molecule has 0 saturated heterocycles. The minimum atomic E-state index is -4.67. The van der Waals surface area contributed by atoms with Gasteiger partial charge in [0.1, 0.15) is 27.4 Å². The molecule has 0 amide bonds. The van der Waals surface area contributed by atoms with Gasteiger partial charge in [0.25, 0.3) is 10.1 Å². The molecule has 0 aliphatic rings. The Bertz CT molecular complexity index is 1780. The molecule has 0 radical (unpaired) electrons. The number of hydrogen-bond donors (Lipinski definition) is 2.